The first kappa shape index (κ1) is 63.5. The number of benzene rings is 6. The Hall–Kier alpha value is -9.07. The van der Waals surface area contributed by atoms with Gasteiger partial charge in [0.2, 0.25) is 23.6 Å². The number of hydrogen-bond acceptors (Lipinski definition) is 12. The van der Waals surface area contributed by atoms with Crippen LogP contribution in [-0.4, -0.2) is 102 Å². The Morgan fingerprint density at radius 1 is 0.588 bits per heavy atom. The maximum absolute atomic E-state index is 14.2. The molecule has 0 radical (unpaired) electrons. The number of nitrogens with two attached hydrogens (primary N) is 1. The summed E-state index contributed by atoms with van der Waals surface area (Å²) < 4.78 is 31.2. The monoisotopic (exact) mass is 1200 g/mol. The molecule has 8 aromatic rings. The highest BCUT2D eigenvalue weighted by molar-refractivity contribution is 6.31. The van der Waals surface area contributed by atoms with Gasteiger partial charge < -0.3 is 26.2 Å². The van der Waals surface area contributed by atoms with Gasteiger partial charge in [0, 0.05) is 79.4 Å². The van der Waals surface area contributed by atoms with E-state index in [0.717, 1.165) is 31.2 Å². The summed E-state index contributed by atoms with van der Waals surface area (Å²) in [7, 11) is 0. The molecule has 440 valence electrons. The molecule has 6 aromatic carbocycles. The van der Waals surface area contributed by atoms with Crippen molar-refractivity contribution in [2.45, 2.75) is 97.2 Å². The van der Waals surface area contributed by atoms with E-state index in [1.165, 1.54) is 56.8 Å². The Bertz CT molecular complexity index is 3750. The molecule has 0 atom stereocenters. The third-order valence-electron chi connectivity index (χ3n) is 13.8. The zero-order chi connectivity index (χ0) is 61.2. The normalized spacial score (nSPS) is 12.2. The Morgan fingerprint density at radius 2 is 1.02 bits per heavy atom. The van der Waals surface area contributed by atoms with Crippen LogP contribution in [0.5, 0.6) is 0 Å². The van der Waals surface area contributed by atoms with Gasteiger partial charge in [-0.05, 0) is 67.5 Å². The second-order valence-electron chi connectivity index (χ2n) is 20.0. The molecule has 4 amide bonds. The number of ketones is 3. The number of fused-ring (bicyclic) bond motifs is 2. The van der Waals surface area contributed by atoms with E-state index in [1.807, 2.05) is 72.8 Å². The molecule has 85 heavy (non-hydrogen) atoms. The van der Waals surface area contributed by atoms with Crippen molar-refractivity contribution >= 4 is 92.1 Å². The van der Waals surface area contributed by atoms with Crippen LogP contribution in [0.2, 0.25) is 10.0 Å². The van der Waals surface area contributed by atoms with Gasteiger partial charge in [0.05, 0.1) is 34.2 Å². The zero-order valence-corrected chi connectivity index (χ0v) is 48.1. The highest BCUT2D eigenvalue weighted by Crippen LogP contribution is 2.30. The van der Waals surface area contributed by atoms with Gasteiger partial charge in [-0.3, -0.25) is 42.9 Å². The number of nitrogens with one attached hydrogen (secondary N) is 2. The van der Waals surface area contributed by atoms with Gasteiger partial charge >= 0.3 is 6.15 Å². The van der Waals surface area contributed by atoms with Crippen LogP contribution in [0.3, 0.4) is 0 Å². The molecule has 2 aromatic heterocycles. The molecular formula is C63H61Cl2F2N9O9. The van der Waals surface area contributed by atoms with Crippen LogP contribution in [-0.2, 0) is 67.9 Å². The van der Waals surface area contributed by atoms with Gasteiger partial charge in [0.1, 0.15) is 36.1 Å². The quantitative estimate of drug-likeness (QED) is 0.0571. The minimum absolute atomic E-state index is 0.00902. The summed E-state index contributed by atoms with van der Waals surface area (Å²) in [4.78, 5) is 109. The van der Waals surface area contributed by atoms with Gasteiger partial charge in [-0.25, -0.2) is 8.78 Å². The fourth-order valence-corrected chi connectivity index (χ4v) is 9.61. The second-order valence-corrected chi connectivity index (χ2v) is 20.8. The lowest BCUT2D eigenvalue weighted by Gasteiger charge is -2.22. The lowest BCUT2D eigenvalue weighted by Crippen LogP contribution is -2.43. The van der Waals surface area contributed by atoms with Crippen molar-refractivity contribution in [3.8, 4) is 0 Å². The predicted octanol–water partition coefficient (Wildman–Crippen LogP) is 9.05. The molecule has 10 rings (SSSR count). The molecule has 0 spiro atoms. The minimum Gasteiger partial charge on any atom is -0.350 e. The molecule has 2 saturated carbocycles. The zero-order valence-electron chi connectivity index (χ0n) is 46.6. The number of aryl methyl sites for hydroxylation is 1. The highest BCUT2D eigenvalue weighted by atomic mass is 35.5. The molecule has 0 saturated heterocycles. The van der Waals surface area contributed by atoms with E-state index in [0.29, 0.717) is 46.0 Å². The van der Waals surface area contributed by atoms with Gasteiger partial charge in [-0.2, -0.15) is 19.8 Å². The van der Waals surface area contributed by atoms with Crippen molar-refractivity contribution in [3.63, 3.8) is 0 Å². The molecular weight excluding hydrogens is 1140 g/mol. The molecule has 2 aliphatic carbocycles. The fraction of sp³-hybridized carbons (Fsp3) is 0.270. The van der Waals surface area contributed by atoms with Crippen LogP contribution >= 0.6 is 23.2 Å². The molecule has 18 nitrogen and oxygen atoms in total. The Morgan fingerprint density at radius 3 is 1.49 bits per heavy atom. The maximum atomic E-state index is 14.2. The van der Waals surface area contributed by atoms with Crippen LogP contribution < -0.4 is 16.4 Å². The van der Waals surface area contributed by atoms with Crippen molar-refractivity contribution in [2.24, 2.45) is 5.73 Å². The molecule has 2 aliphatic rings. The van der Waals surface area contributed by atoms with Crippen LogP contribution in [0, 0.1) is 11.6 Å². The average Bonchev–Trinajstić information content (AvgIpc) is 4.40. The second kappa shape index (κ2) is 30.5. The molecule has 0 bridgehead atoms. The van der Waals surface area contributed by atoms with Crippen molar-refractivity contribution in [1.29, 1.82) is 0 Å². The van der Waals surface area contributed by atoms with E-state index in [1.54, 1.807) is 48.5 Å². The molecule has 2 heterocycles. The van der Waals surface area contributed by atoms with Crippen LogP contribution in [0.15, 0.2) is 140 Å². The Balaban J connectivity index is 0.000000211. The first-order valence-electron chi connectivity index (χ1n) is 27.2. The number of hydrogen-bond donors (Lipinski definition) is 3. The SMILES string of the molecule is CC(=O)c1nn(CC(=O)N(CC(=O)NCc2cccc(Cl)c2F)C2CC2)c2cccc(C(=O)CCc3ccccc3)c12.CC(=O)c1nn(CC(=O)N(CC(=O)NCc2cccc(Cl)c2F)C2CC2)c2ccccc12.NCc1ccccc1.O=C=O. The van der Waals surface area contributed by atoms with E-state index in [2.05, 4.69) is 20.8 Å². The van der Waals surface area contributed by atoms with Gasteiger partial charge in [-0.15, -0.1) is 0 Å². The summed E-state index contributed by atoms with van der Waals surface area (Å²) in [5.41, 5.74) is 10.1. The lowest BCUT2D eigenvalue weighted by atomic mass is 9.98. The third kappa shape index (κ3) is 17.5. The topological polar surface area (TPSA) is 246 Å². The van der Waals surface area contributed by atoms with E-state index >= 15 is 0 Å². The van der Waals surface area contributed by atoms with Crippen molar-refractivity contribution in [1.82, 2.24) is 40.0 Å². The smallest absolute Gasteiger partial charge is 0.350 e. The number of nitrogens with zero attached hydrogens (tertiary/aromatic N) is 6. The van der Waals surface area contributed by atoms with Crippen LogP contribution in [0.25, 0.3) is 21.8 Å². The maximum Gasteiger partial charge on any atom is 0.373 e. The average molecular weight is 1200 g/mol. The summed E-state index contributed by atoms with van der Waals surface area (Å²) in [5.74, 6) is -3.22. The summed E-state index contributed by atoms with van der Waals surface area (Å²) in [5, 5.41) is 15.1. The van der Waals surface area contributed by atoms with E-state index in [-0.39, 0.29) is 126 Å². The largest absolute Gasteiger partial charge is 0.373 e. The standard InChI is InChI=1S/C32H30ClFN4O4.C23H22ClFN4O3.C7H9N.CO2/c1-20(39)32-30-24(27(40)16-13-21-7-3-2-4-8-21)10-6-12-26(30)38(36-32)19-29(42)37(23-14-15-23)18-28(41)35-17-22-9-5-11-25(33)31(22)34;1-14(30)23-17-6-2-3-8-19(17)29(27-23)13-21(32)28(16-9-10-16)12-20(31)26-11-15-5-4-7-18(24)22(15)25;8-6-7-4-2-1-3-5-7;2-1-3/h2-12,23H,13-19H2,1H3,(H,35,41);2-8,16H,9-13H2,1H3,(H,26,31);1-5H,6,8H2;. The number of carbonyl (C=O) groups is 7. The number of para-hydroxylation sites is 1. The summed E-state index contributed by atoms with van der Waals surface area (Å²) in [6.45, 7) is 2.74. The lowest BCUT2D eigenvalue weighted by molar-refractivity contribution is -0.191. The highest BCUT2D eigenvalue weighted by Gasteiger charge is 2.36. The molecule has 0 unspecified atom stereocenters. The fourth-order valence-electron chi connectivity index (χ4n) is 9.22. The number of Topliss-reactive ketones (excluding diaryl/α,β-unsaturated/α-hetero) is 3. The van der Waals surface area contributed by atoms with Gasteiger partial charge in [0.15, 0.2) is 17.3 Å². The molecule has 0 aliphatic heterocycles. The van der Waals surface area contributed by atoms with Crippen LogP contribution in [0.1, 0.15) is 99.5 Å². The van der Waals surface area contributed by atoms with E-state index in [9.17, 15) is 42.3 Å². The number of halogens is 4. The van der Waals surface area contributed by atoms with Crippen LogP contribution in [0.4, 0.5) is 8.78 Å². The molecule has 22 heteroatoms. The number of rotatable bonds is 21. The van der Waals surface area contributed by atoms with Crippen molar-refractivity contribution in [2.75, 3.05) is 13.1 Å². The summed E-state index contributed by atoms with van der Waals surface area (Å²) in [6.07, 6.45) is 4.23. The number of aromatic nitrogens is 4. The minimum atomic E-state index is -0.598. The van der Waals surface area contributed by atoms with Crippen molar-refractivity contribution in [3.05, 3.63) is 200 Å². The number of amides is 4. The summed E-state index contributed by atoms with van der Waals surface area (Å²) >= 11 is 11.6. The predicted molar refractivity (Wildman–Crippen MR) is 314 cm³/mol. The third-order valence-corrected chi connectivity index (χ3v) is 14.4. The van der Waals surface area contributed by atoms with Crippen molar-refractivity contribution < 1.29 is 51.9 Å². The van der Waals surface area contributed by atoms with E-state index in [4.69, 9.17) is 38.5 Å². The molecule has 4 N–H and O–H groups in total. The Labute approximate surface area is 498 Å². The van der Waals surface area contributed by atoms with Gasteiger partial charge in [-0.1, -0.05) is 138 Å². The first-order chi connectivity index (χ1) is 40.9. The van der Waals surface area contributed by atoms with Gasteiger partial charge in [0.25, 0.3) is 0 Å². The summed E-state index contributed by atoms with van der Waals surface area (Å²) in [6, 6.07) is 41.0. The Kier molecular flexibility index (Phi) is 22.8. The van der Waals surface area contributed by atoms with E-state index < -0.39 is 17.5 Å². The molecule has 2 fully saturated rings. The first-order valence-corrected chi connectivity index (χ1v) is 27.9. The number of carbonyl (C=O) groups excluding carboxylic acids is 9.